The van der Waals surface area contributed by atoms with E-state index >= 15 is 0 Å². The van der Waals surface area contributed by atoms with E-state index in [1.165, 1.54) is 19.3 Å². The van der Waals surface area contributed by atoms with Crippen LogP contribution in [0.5, 0.6) is 0 Å². The highest BCUT2D eigenvalue weighted by Crippen LogP contribution is 2.39. The van der Waals surface area contributed by atoms with E-state index in [1.54, 1.807) is 5.32 Å². The van der Waals surface area contributed by atoms with Crippen LogP contribution in [0.1, 0.15) is 41.9 Å². The molecule has 4 rings (SSSR count). The first-order valence-electron chi connectivity index (χ1n) is 9.55. The summed E-state index contributed by atoms with van der Waals surface area (Å²) in [6, 6.07) is -2.50. The zero-order chi connectivity index (χ0) is 23.2. The molecule has 0 aliphatic heterocycles. The minimum absolute atomic E-state index is 0.0104. The molecular formula is C20H17F5N4O3. The highest BCUT2D eigenvalue weighted by atomic mass is 19.4. The normalized spacial score (nSPS) is 19.5. The van der Waals surface area contributed by atoms with E-state index < -0.39 is 47.3 Å². The number of aliphatic hydroxyl groups excluding tert-OH is 1. The lowest BCUT2D eigenvalue weighted by molar-refractivity contribution is -0.158. The van der Waals surface area contributed by atoms with Gasteiger partial charge in [0.2, 0.25) is 0 Å². The minimum Gasteiger partial charge on any atom is -0.455 e. The zero-order valence-corrected chi connectivity index (χ0v) is 16.5. The van der Waals surface area contributed by atoms with E-state index in [0.717, 1.165) is 6.07 Å². The molecule has 3 aromatic rings. The molecule has 3 N–H and O–H groups in total. The number of amides is 2. The van der Waals surface area contributed by atoms with Gasteiger partial charge in [-0.2, -0.15) is 13.2 Å². The Morgan fingerprint density at radius 1 is 1.22 bits per heavy atom. The number of hydrogen-bond acceptors (Lipinski definition) is 5. The predicted octanol–water partition coefficient (Wildman–Crippen LogP) is 4.47. The van der Waals surface area contributed by atoms with Crippen molar-refractivity contribution in [1.29, 1.82) is 0 Å². The molecule has 1 unspecified atom stereocenters. The molecular weight excluding hydrogens is 439 g/mol. The number of rotatable bonds is 4. The van der Waals surface area contributed by atoms with Gasteiger partial charge in [-0.15, -0.1) is 0 Å². The van der Waals surface area contributed by atoms with Crippen LogP contribution in [-0.2, 0) is 0 Å². The molecule has 32 heavy (non-hydrogen) atoms. The van der Waals surface area contributed by atoms with Crippen molar-refractivity contribution >= 4 is 22.7 Å². The molecule has 2 heterocycles. The van der Waals surface area contributed by atoms with E-state index in [4.69, 9.17) is 4.42 Å². The van der Waals surface area contributed by atoms with Crippen molar-refractivity contribution in [3.63, 3.8) is 0 Å². The fraction of sp³-hybridized carbons (Fsp3) is 0.350. The van der Waals surface area contributed by atoms with E-state index in [9.17, 15) is 31.9 Å². The smallest absolute Gasteiger partial charge is 0.416 e. The van der Waals surface area contributed by atoms with Crippen molar-refractivity contribution in [2.45, 2.75) is 44.0 Å². The molecule has 170 valence electrons. The number of aryl methyl sites for hydroxylation is 1. The van der Waals surface area contributed by atoms with Gasteiger partial charge in [-0.1, -0.05) is 0 Å². The summed E-state index contributed by atoms with van der Waals surface area (Å²) in [4.78, 5) is 20.3. The van der Waals surface area contributed by atoms with Crippen molar-refractivity contribution in [3.8, 4) is 0 Å². The Morgan fingerprint density at radius 2 is 1.88 bits per heavy atom. The molecule has 1 aliphatic rings. The fourth-order valence-corrected chi connectivity index (χ4v) is 3.54. The standard InChI is InChI=1S/C20H17F5N4O3/c1-8-13-4-10(21)5-14(22)16(13)32-15(8)17(20(23,24)25)29-19(31)28-11-6-26-18(27-7-11)9-2-12(30)3-9/h4-7,9,12,17,30H,2-3H2,1H3,(H2,28,29,31). The van der Waals surface area contributed by atoms with Crippen LogP contribution in [0.2, 0.25) is 0 Å². The van der Waals surface area contributed by atoms with Gasteiger partial charge in [-0.3, -0.25) is 0 Å². The Hall–Kier alpha value is -3.28. The summed E-state index contributed by atoms with van der Waals surface area (Å²) in [6.07, 6.45) is -1.89. The van der Waals surface area contributed by atoms with Gasteiger partial charge >= 0.3 is 12.2 Å². The molecule has 0 spiro atoms. The molecule has 2 aromatic heterocycles. The Labute approximate surface area is 177 Å². The maximum Gasteiger partial charge on any atom is 0.416 e. The summed E-state index contributed by atoms with van der Waals surface area (Å²) < 4.78 is 73.6. The second-order valence-electron chi connectivity index (χ2n) is 7.58. The van der Waals surface area contributed by atoms with Crippen LogP contribution in [0.3, 0.4) is 0 Å². The summed E-state index contributed by atoms with van der Waals surface area (Å²) in [6.45, 7) is 1.21. The Bertz CT molecular complexity index is 1160. The van der Waals surface area contributed by atoms with E-state index in [0.29, 0.717) is 24.7 Å². The van der Waals surface area contributed by atoms with Gasteiger partial charge in [0.15, 0.2) is 17.4 Å². The van der Waals surface area contributed by atoms with Gasteiger partial charge in [0.1, 0.15) is 17.4 Å². The first-order chi connectivity index (χ1) is 15.0. The largest absolute Gasteiger partial charge is 0.455 e. The first kappa shape index (κ1) is 21.9. The predicted molar refractivity (Wildman–Crippen MR) is 102 cm³/mol. The molecule has 1 fully saturated rings. The van der Waals surface area contributed by atoms with Crippen LogP contribution in [0, 0.1) is 18.6 Å². The number of anilines is 1. The summed E-state index contributed by atoms with van der Waals surface area (Å²) >= 11 is 0. The van der Waals surface area contributed by atoms with Crippen LogP contribution in [0.25, 0.3) is 11.0 Å². The Balaban J connectivity index is 1.53. The average molecular weight is 456 g/mol. The summed E-state index contributed by atoms with van der Waals surface area (Å²) in [5, 5.41) is 13.1. The third kappa shape index (κ3) is 4.22. The number of furan rings is 1. The van der Waals surface area contributed by atoms with Crippen LogP contribution in [-0.4, -0.2) is 33.4 Å². The quantitative estimate of drug-likeness (QED) is 0.503. The van der Waals surface area contributed by atoms with Crippen molar-refractivity contribution in [2.75, 3.05) is 5.32 Å². The van der Waals surface area contributed by atoms with Gasteiger partial charge in [-0.25, -0.2) is 23.5 Å². The average Bonchev–Trinajstić information content (AvgIpc) is 3.00. The number of carbonyl (C=O) groups is 1. The maximum absolute atomic E-state index is 13.9. The molecule has 12 heteroatoms. The lowest BCUT2D eigenvalue weighted by Crippen LogP contribution is -2.40. The Kier molecular flexibility index (Phi) is 5.49. The van der Waals surface area contributed by atoms with Crippen molar-refractivity contribution in [2.24, 2.45) is 0 Å². The SMILES string of the molecule is Cc1c(C(NC(=O)Nc2cnc(C3CC(O)C3)nc2)C(F)(F)F)oc2c(F)cc(F)cc12. The number of aromatic nitrogens is 2. The van der Waals surface area contributed by atoms with Crippen molar-refractivity contribution < 1.29 is 36.3 Å². The number of urea groups is 1. The van der Waals surface area contributed by atoms with E-state index in [-0.39, 0.29) is 22.6 Å². The third-order valence-electron chi connectivity index (χ3n) is 5.27. The fourth-order valence-electron chi connectivity index (χ4n) is 3.54. The number of aliphatic hydroxyl groups is 1. The molecule has 1 saturated carbocycles. The number of nitrogens with one attached hydrogen (secondary N) is 2. The monoisotopic (exact) mass is 456 g/mol. The topological polar surface area (TPSA) is 100 Å². The maximum atomic E-state index is 13.9. The van der Waals surface area contributed by atoms with E-state index in [2.05, 4.69) is 15.3 Å². The van der Waals surface area contributed by atoms with Gasteiger partial charge in [0.05, 0.1) is 24.2 Å². The molecule has 7 nitrogen and oxygen atoms in total. The van der Waals surface area contributed by atoms with Crippen LogP contribution >= 0.6 is 0 Å². The van der Waals surface area contributed by atoms with Crippen LogP contribution < -0.4 is 10.6 Å². The summed E-state index contributed by atoms with van der Waals surface area (Å²) in [7, 11) is 0. The lowest BCUT2D eigenvalue weighted by atomic mass is 9.82. The molecule has 1 aromatic carbocycles. The van der Waals surface area contributed by atoms with Gasteiger partial charge in [0.25, 0.3) is 0 Å². The van der Waals surface area contributed by atoms with Crippen molar-refractivity contribution in [3.05, 3.63) is 53.3 Å². The second-order valence-corrected chi connectivity index (χ2v) is 7.58. The number of nitrogens with zero attached hydrogens (tertiary/aromatic N) is 2. The lowest BCUT2D eigenvalue weighted by Gasteiger charge is -2.29. The summed E-state index contributed by atoms with van der Waals surface area (Å²) in [5.74, 6) is -2.44. The van der Waals surface area contributed by atoms with Gasteiger partial charge in [-0.05, 0) is 25.8 Å². The van der Waals surface area contributed by atoms with Gasteiger partial charge < -0.3 is 20.2 Å². The number of carbonyl (C=O) groups excluding carboxylic acids is 1. The molecule has 0 bridgehead atoms. The first-order valence-corrected chi connectivity index (χ1v) is 9.55. The molecule has 1 aliphatic carbocycles. The number of halogens is 5. The molecule has 2 amide bonds. The number of alkyl halides is 3. The highest BCUT2D eigenvalue weighted by Gasteiger charge is 2.45. The number of hydrogen-bond donors (Lipinski definition) is 3. The molecule has 0 radical (unpaired) electrons. The third-order valence-corrected chi connectivity index (χ3v) is 5.27. The molecule has 1 atom stereocenters. The minimum atomic E-state index is -4.99. The zero-order valence-electron chi connectivity index (χ0n) is 16.5. The van der Waals surface area contributed by atoms with Crippen LogP contribution in [0.4, 0.5) is 32.4 Å². The molecule has 0 saturated heterocycles. The van der Waals surface area contributed by atoms with Gasteiger partial charge in [0, 0.05) is 22.9 Å². The summed E-state index contributed by atoms with van der Waals surface area (Å²) in [5.41, 5.74) is -0.654. The second kappa shape index (κ2) is 8.01. The number of fused-ring (bicyclic) bond motifs is 1. The van der Waals surface area contributed by atoms with Crippen LogP contribution in [0.15, 0.2) is 28.9 Å². The Morgan fingerprint density at radius 3 is 2.47 bits per heavy atom. The highest BCUT2D eigenvalue weighted by molar-refractivity contribution is 5.89. The number of benzene rings is 1. The van der Waals surface area contributed by atoms with Crippen molar-refractivity contribution in [1.82, 2.24) is 15.3 Å². The van der Waals surface area contributed by atoms with E-state index in [1.807, 2.05) is 0 Å².